The first-order chi connectivity index (χ1) is 9.25. The van der Waals surface area contributed by atoms with Gasteiger partial charge >= 0.3 is 0 Å². The van der Waals surface area contributed by atoms with Gasteiger partial charge in [0, 0.05) is 35.4 Å². The third kappa shape index (κ3) is 1.57. The Hall–Kier alpha value is -1.35. The van der Waals surface area contributed by atoms with Crippen LogP contribution in [0, 0.1) is 0 Å². The summed E-state index contributed by atoms with van der Waals surface area (Å²) in [5, 5.41) is 2.85. The summed E-state index contributed by atoms with van der Waals surface area (Å²) in [5.74, 6) is 0. The van der Waals surface area contributed by atoms with E-state index in [0.29, 0.717) is 6.04 Å². The van der Waals surface area contributed by atoms with E-state index in [-0.39, 0.29) is 0 Å². The summed E-state index contributed by atoms with van der Waals surface area (Å²) in [6.07, 6.45) is 10.4. The topological polar surface area (TPSA) is 16.1 Å². The molecule has 2 aromatic heterocycles. The van der Waals surface area contributed by atoms with E-state index in [4.69, 9.17) is 0 Å². The SMILES string of the molecule is CC1=CC(C)N(C2CCC2)c2sc3cnccc3c21. The van der Waals surface area contributed by atoms with Gasteiger partial charge in [-0.1, -0.05) is 6.08 Å². The van der Waals surface area contributed by atoms with Crippen LogP contribution in [0.5, 0.6) is 0 Å². The smallest absolute Gasteiger partial charge is 0.100 e. The summed E-state index contributed by atoms with van der Waals surface area (Å²) in [6, 6.07) is 3.44. The van der Waals surface area contributed by atoms with Crippen LogP contribution in [0.2, 0.25) is 0 Å². The summed E-state index contributed by atoms with van der Waals surface area (Å²) in [5.41, 5.74) is 2.88. The molecule has 2 aliphatic rings. The van der Waals surface area contributed by atoms with Crippen molar-refractivity contribution in [1.29, 1.82) is 0 Å². The Labute approximate surface area is 117 Å². The molecule has 1 saturated carbocycles. The molecule has 1 aliphatic carbocycles. The number of allylic oxidation sites excluding steroid dienone is 1. The lowest BCUT2D eigenvalue weighted by Crippen LogP contribution is -2.46. The molecule has 0 saturated heterocycles. The molecule has 4 rings (SSSR count). The van der Waals surface area contributed by atoms with Gasteiger partial charge in [0.05, 0.1) is 4.70 Å². The zero-order valence-corrected chi connectivity index (χ0v) is 12.2. The van der Waals surface area contributed by atoms with E-state index in [1.165, 1.54) is 45.5 Å². The van der Waals surface area contributed by atoms with E-state index in [2.05, 4.69) is 35.9 Å². The van der Waals surface area contributed by atoms with Crippen molar-refractivity contribution in [3.05, 3.63) is 30.1 Å². The average Bonchev–Trinajstić information content (AvgIpc) is 2.71. The van der Waals surface area contributed by atoms with Crippen molar-refractivity contribution < 1.29 is 0 Å². The van der Waals surface area contributed by atoms with Gasteiger partial charge in [-0.15, -0.1) is 11.3 Å². The van der Waals surface area contributed by atoms with Gasteiger partial charge in [-0.3, -0.25) is 4.98 Å². The molecule has 1 unspecified atom stereocenters. The Bertz CT molecular complexity index is 666. The van der Waals surface area contributed by atoms with Gasteiger partial charge < -0.3 is 4.90 Å². The lowest BCUT2D eigenvalue weighted by atomic mass is 9.88. The minimum atomic E-state index is 0.527. The first-order valence-corrected chi connectivity index (χ1v) is 7.91. The fourth-order valence-corrected chi connectivity index (χ4v) is 4.77. The zero-order valence-electron chi connectivity index (χ0n) is 11.4. The monoisotopic (exact) mass is 270 g/mol. The Balaban J connectivity index is 1.95. The van der Waals surface area contributed by atoms with Crippen LogP contribution in [0.1, 0.15) is 38.7 Å². The standard InChI is InChI=1S/C16H18N2S/c1-10-8-11(2)18(12-4-3-5-12)16-15(10)13-6-7-17-9-14(13)19-16/h6-9,11-12H,3-5H2,1-2H3. The van der Waals surface area contributed by atoms with Gasteiger partial charge in [-0.25, -0.2) is 0 Å². The van der Waals surface area contributed by atoms with E-state index in [1.807, 2.05) is 23.7 Å². The first kappa shape index (κ1) is 11.5. The molecule has 3 heteroatoms. The van der Waals surface area contributed by atoms with Crippen molar-refractivity contribution in [1.82, 2.24) is 4.98 Å². The van der Waals surface area contributed by atoms with Crippen LogP contribution in [-0.2, 0) is 0 Å². The largest absolute Gasteiger partial charge is 0.354 e. The quantitative estimate of drug-likeness (QED) is 0.760. The third-order valence-corrected chi connectivity index (χ3v) is 5.65. The van der Waals surface area contributed by atoms with Gasteiger partial charge in [0.15, 0.2) is 0 Å². The van der Waals surface area contributed by atoms with Crippen molar-refractivity contribution in [2.24, 2.45) is 0 Å². The minimum absolute atomic E-state index is 0.527. The van der Waals surface area contributed by atoms with Crippen LogP contribution < -0.4 is 4.90 Å². The molecule has 0 N–H and O–H groups in total. The number of aromatic nitrogens is 1. The van der Waals surface area contributed by atoms with Crippen LogP contribution >= 0.6 is 11.3 Å². The average molecular weight is 270 g/mol. The summed E-state index contributed by atoms with van der Waals surface area (Å²) >= 11 is 1.92. The molecule has 0 bridgehead atoms. The molecule has 3 heterocycles. The highest BCUT2D eigenvalue weighted by Gasteiger charge is 2.34. The van der Waals surface area contributed by atoms with Crippen molar-refractivity contribution >= 4 is 32.0 Å². The first-order valence-electron chi connectivity index (χ1n) is 7.09. The van der Waals surface area contributed by atoms with E-state index in [0.717, 1.165) is 6.04 Å². The maximum Gasteiger partial charge on any atom is 0.100 e. The molecule has 1 aliphatic heterocycles. The number of rotatable bonds is 1. The molecular formula is C16H18N2S. The van der Waals surface area contributed by atoms with Crippen LogP contribution in [0.4, 0.5) is 5.00 Å². The number of fused-ring (bicyclic) bond motifs is 3. The molecule has 0 aromatic carbocycles. The second-order valence-electron chi connectivity index (χ2n) is 5.74. The van der Waals surface area contributed by atoms with Crippen LogP contribution in [0.15, 0.2) is 24.5 Å². The fourth-order valence-electron chi connectivity index (χ4n) is 3.37. The highest BCUT2D eigenvalue weighted by Crippen LogP contribution is 2.47. The van der Waals surface area contributed by atoms with E-state index in [1.54, 1.807) is 0 Å². The van der Waals surface area contributed by atoms with Gasteiger partial charge in [-0.2, -0.15) is 0 Å². The number of hydrogen-bond donors (Lipinski definition) is 0. The second-order valence-corrected chi connectivity index (χ2v) is 6.77. The molecule has 19 heavy (non-hydrogen) atoms. The highest BCUT2D eigenvalue weighted by molar-refractivity contribution is 7.23. The predicted molar refractivity (Wildman–Crippen MR) is 82.9 cm³/mol. The maximum atomic E-state index is 4.28. The number of anilines is 1. The second kappa shape index (κ2) is 4.07. The maximum absolute atomic E-state index is 4.28. The normalized spacial score (nSPS) is 23.2. The summed E-state index contributed by atoms with van der Waals surface area (Å²) in [6.45, 7) is 4.58. The minimum Gasteiger partial charge on any atom is -0.354 e. The third-order valence-electron chi connectivity index (χ3n) is 4.50. The molecule has 2 nitrogen and oxygen atoms in total. The van der Waals surface area contributed by atoms with Gasteiger partial charge in [0.2, 0.25) is 0 Å². The summed E-state index contributed by atoms with van der Waals surface area (Å²) < 4.78 is 1.32. The van der Waals surface area contributed by atoms with Crippen molar-refractivity contribution in [3.63, 3.8) is 0 Å². The van der Waals surface area contributed by atoms with Gasteiger partial charge in [-0.05, 0) is 44.7 Å². The highest BCUT2D eigenvalue weighted by atomic mass is 32.1. The predicted octanol–water partition coefficient (Wildman–Crippen LogP) is 4.46. The molecule has 0 spiro atoms. The summed E-state index contributed by atoms with van der Waals surface area (Å²) in [4.78, 5) is 6.93. The molecule has 1 atom stereocenters. The Morgan fingerprint density at radius 1 is 1.37 bits per heavy atom. The molecule has 1 fully saturated rings. The molecular weight excluding hydrogens is 252 g/mol. The molecule has 98 valence electrons. The molecule has 0 amide bonds. The Kier molecular flexibility index (Phi) is 2.46. The molecule has 2 aromatic rings. The van der Waals surface area contributed by atoms with E-state index >= 15 is 0 Å². The Morgan fingerprint density at radius 2 is 2.21 bits per heavy atom. The lowest BCUT2D eigenvalue weighted by Gasteiger charge is -2.44. The Morgan fingerprint density at radius 3 is 2.95 bits per heavy atom. The van der Waals surface area contributed by atoms with Crippen molar-refractivity contribution in [2.45, 2.75) is 45.2 Å². The number of thiophene rings is 1. The fraction of sp³-hybridized carbons (Fsp3) is 0.438. The lowest BCUT2D eigenvalue weighted by molar-refractivity contribution is 0.377. The molecule has 0 radical (unpaired) electrons. The number of pyridine rings is 1. The van der Waals surface area contributed by atoms with Gasteiger partial charge in [0.1, 0.15) is 5.00 Å². The van der Waals surface area contributed by atoms with Crippen molar-refractivity contribution in [2.75, 3.05) is 4.90 Å². The van der Waals surface area contributed by atoms with Crippen LogP contribution in [0.25, 0.3) is 15.7 Å². The zero-order chi connectivity index (χ0) is 13.0. The summed E-state index contributed by atoms with van der Waals surface area (Å²) in [7, 11) is 0. The van der Waals surface area contributed by atoms with E-state index < -0.39 is 0 Å². The van der Waals surface area contributed by atoms with Gasteiger partial charge in [0.25, 0.3) is 0 Å². The van der Waals surface area contributed by atoms with Crippen molar-refractivity contribution in [3.8, 4) is 0 Å². The number of nitrogens with zero attached hydrogens (tertiary/aromatic N) is 2. The van der Waals surface area contributed by atoms with E-state index in [9.17, 15) is 0 Å². The van der Waals surface area contributed by atoms with Crippen LogP contribution in [-0.4, -0.2) is 17.1 Å². The van der Waals surface area contributed by atoms with Crippen LogP contribution in [0.3, 0.4) is 0 Å². The number of hydrogen-bond acceptors (Lipinski definition) is 3.